The minimum atomic E-state index is -0.726. The fourth-order valence-electron chi connectivity index (χ4n) is 2.02. The molecule has 0 radical (unpaired) electrons. The Labute approximate surface area is 134 Å². The second-order valence-electron chi connectivity index (χ2n) is 4.80. The van der Waals surface area contributed by atoms with Gasteiger partial charge in [0, 0.05) is 39.1 Å². The van der Waals surface area contributed by atoms with Crippen LogP contribution in [0.25, 0.3) is 0 Å². The first-order valence-electron chi connectivity index (χ1n) is 7.13. The normalized spacial score (nSPS) is 12.1. The molecule has 0 spiro atoms. The van der Waals surface area contributed by atoms with Gasteiger partial charge in [0.15, 0.2) is 11.5 Å². The smallest absolute Gasteiger partial charge is 0.313 e. The van der Waals surface area contributed by atoms with E-state index < -0.39 is 11.8 Å². The molecule has 2 amide bonds. The molecule has 0 bridgehead atoms. The van der Waals surface area contributed by atoms with Crippen molar-refractivity contribution in [2.75, 3.05) is 52.6 Å². The minimum Gasteiger partial charge on any atom is -0.454 e. The average Bonchev–Trinajstić information content (AvgIpc) is 3.02. The van der Waals surface area contributed by atoms with E-state index in [-0.39, 0.29) is 6.79 Å². The second kappa shape index (κ2) is 8.35. The topological polar surface area (TPSA) is 86.3 Å². The van der Waals surface area contributed by atoms with Gasteiger partial charge in [-0.2, -0.15) is 0 Å². The Morgan fingerprint density at radius 3 is 2.43 bits per heavy atom. The first kappa shape index (κ1) is 17.0. The molecule has 0 atom stereocenters. The van der Waals surface area contributed by atoms with Gasteiger partial charge in [-0.05, 0) is 12.1 Å². The zero-order valence-electron chi connectivity index (χ0n) is 13.2. The molecule has 1 aromatic rings. The standard InChI is InChI=1S/C15H20N2O6/c1-20-7-5-17(6-8-21-2)15(19)14(18)16-11-3-4-12-13(9-11)23-10-22-12/h3-4,9H,5-8,10H2,1-2H3,(H,16,18). The van der Waals surface area contributed by atoms with E-state index in [1.54, 1.807) is 18.2 Å². The van der Waals surface area contributed by atoms with E-state index in [1.165, 1.54) is 19.1 Å². The number of benzene rings is 1. The van der Waals surface area contributed by atoms with Crippen LogP contribution in [0.15, 0.2) is 18.2 Å². The lowest BCUT2D eigenvalue weighted by Gasteiger charge is -2.21. The molecule has 23 heavy (non-hydrogen) atoms. The SMILES string of the molecule is COCCN(CCOC)C(=O)C(=O)Nc1ccc2c(c1)OCO2. The van der Waals surface area contributed by atoms with Gasteiger partial charge in [-0.15, -0.1) is 0 Å². The van der Waals surface area contributed by atoms with Gasteiger partial charge in [-0.3, -0.25) is 9.59 Å². The highest BCUT2D eigenvalue weighted by Crippen LogP contribution is 2.34. The zero-order chi connectivity index (χ0) is 16.7. The van der Waals surface area contributed by atoms with E-state index >= 15 is 0 Å². The first-order chi connectivity index (χ1) is 11.2. The molecule has 1 N–H and O–H groups in total. The number of amides is 2. The number of ether oxygens (including phenoxy) is 4. The molecule has 1 aromatic carbocycles. The summed E-state index contributed by atoms with van der Waals surface area (Å²) in [5, 5.41) is 2.56. The van der Waals surface area contributed by atoms with E-state index in [2.05, 4.69) is 5.32 Å². The Morgan fingerprint density at radius 2 is 1.78 bits per heavy atom. The monoisotopic (exact) mass is 324 g/mol. The third-order valence-electron chi connectivity index (χ3n) is 3.24. The van der Waals surface area contributed by atoms with Crippen LogP contribution in [-0.4, -0.2) is 64.0 Å². The Balaban J connectivity index is 1.97. The third-order valence-corrected chi connectivity index (χ3v) is 3.24. The predicted molar refractivity (Wildman–Crippen MR) is 81.5 cm³/mol. The number of hydrogen-bond donors (Lipinski definition) is 1. The van der Waals surface area contributed by atoms with Crippen LogP contribution in [0.1, 0.15) is 0 Å². The molecular formula is C15H20N2O6. The number of hydrogen-bond acceptors (Lipinski definition) is 6. The van der Waals surface area contributed by atoms with Crippen LogP contribution in [0.2, 0.25) is 0 Å². The maximum atomic E-state index is 12.2. The lowest BCUT2D eigenvalue weighted by atomic mass is 10.2. The first-order valence-corrected chi connectivity index (χ1v) is 7.13. The number of nitrogens with zero attached hydrogens (tertiary/aromatic N) is 1. The highest BCUT2D eigenvalue weighted by molar-refractivity contribution is 6.39. The molecule has 8 nitrogen and oxygen atoms in total. The molecule has 1 aliphatic rings. The molecule has 0 fully saturated rings. The van der Waals surface area contributed by atoms with Crippen molar-refractivity contribution in [1.29, 1.82) is 0 Å². The third kappa shape index (κ3) is 4.57. The van der Waals surface area contributed by atoms with Gasteiger partial charge in [0.1, 0.15) is 0 Å². The zero-order valence-corrected chi connectivity index (χ0v) is 13.2. The van der Waals surface area contributed by atoms with Gasteiger partial charge in [0.2, 0.25) is 6.79 Å². The highest BCUT2D eigenvalue weighted by Gasteiger charge is 2.22. The molecule has 1 heterocycles. The predicted octanol–water partition coefficient (Wildman–Crippen LogP) is 0.475. The van der Waals surface area contributed by atoms with Gasteiger partial charge < -0.3 is 29.2 Å². The van der Waals surface area contributed by atoms with Crippen molar-refractivity contribution in [2.24, 2.45) is 0 Å². The van der Waals surface area contributed by atoms with Gasteiger partial charge in [-0.1, -0.05) is 0 Å². The summed E-state index contributed by atoms with van der Waals surface area (Å²) in [5.41, 5.74) is 0.464. The van der Waals surface area contributed by atoms with E-state index in [0.717, 1.165) is 0 Å². The van der Waals surface area contributed by atoms with Gasteiger partial charge in [0.05, 0.1) is 13.2 Å². The molecule has 0 saturated heterocycles. The summed E-state index contributed by atoms with van der Waals surface area (Å²) in [6.07, 6.45) is 0. The van der Waals surface area contributed by atoms with Crippen LogP contribution in [0, 0.1) is 0 Å². The quantitative estimate of drug-likeness (QED) is 0.734. The van der Waals surface area contributed by atoms with Crippen molar-refractivity contribution < 1.29 is 28.5 Å². The molecule has 0 aliphatic carbocycles. The molecule has 2 rings (SSSR count). The number of nitrogens with one attached hydrogen (secondary N) is 1. The van der Waals surface area contributed by atoms with Crippen LogP contribution in [0.3, 0.4) is 0 Å². The van der Waals surface area contributed by atoms with Crippen LogP contribution in [0.4, 0.5) is 5.69 Å². The van der Waals surface area contributed by atoms with E-state index in [4.69, 9.17) is 18.9 Å². The maximum absolute atomic E-state index is 12.2. The number of anilines is 1. The number of rotatable bonds is 7. The number of methoxy groups -OCH3 is 2. The number of carbonyl (C=O) groups is 2. The summed E-state index contributed by atoms with van der Waals surface area (Å²) in [4.78, 5) is 25.7. The summed E-state index contributed by atoms with van der Waals surface area (Å²) >= 11 is 0. The van der Waals surface area contributed by atoms with Crippen LogP contribution >= 0.6 is 0 Å². The van der Waals surface area contributed by atoms with E-state index in [1.807, 2.05) is 0 Å². The van der Waals surface area contributed by atoms with E-state index in [0.29, 0.717) is 43.5 Å². The fraction of sp³-hybridized carbons (Fsp3) is 0.467. The van der Waals surface area contributed by atoms with Crippen molar-refractivity contribution in [1.82, 2.24) is 4.90 Å². The van der Waals surface area contributed by atoms with Crippen molar-refractivity contribution in [3.05, 3.63) is 18.2 Å². The van der Waals surface area contributed by atoms with E-state index in [9.17, 15) is 9.59 Å². The average molecular weight is 324 g/mol. The fourth-order valence-corrected chi connectivity index (χ4v) is 2.02. The lowest BCUT2D eigenvalue weighted by Crippen LogP contribution is -2.43. The largest absolute Gasteiger partial charge is 0.454 e. The second-order valence-corrected chi connectivity index (χ2v) is 4.80. The van der Waals surface area contributed by atoms with Gasteiger partial charge in [0.25, 0.3) is 0 Å². The molecule has 1 aliphatic heterocycles. The maximum Gasteiger partial charge on any atom is 0.313 e. The summed E-state index contributed by atoms with van der Waals surface area (Å²) < 4.78 is 20.3. The molecule has 126 valence electrons. The molecule has 0 saturated carbocycles. The van der Waals surface area contributed by atoms with Crippen molar-refractivity contribution in [2.45, 2.75) is 0 Å². The minimum absolute atomic E-state index is 0.146. The summed E-state index contributed by atoms with van der Waals surface area (Å²) in [6, 6.07) is 4.94. The van der Waals surface area contributed by atoms with Crippen molar-refractivity contribution in [3.63, 3.8) is 0 Å². The molecule has 0 aromatic heterocycles. The molecule has 8 heteroatoms. The molecular weight excluding hydrogens is 304 g/mol. The summed E-state index contributed by atoms with van der Waals surface area (Å²) in [5.74, 6) is -0.227. The summed E-state index contributed by atoms with van der Waals surface area (Å²) in [6.45, 7) is 1.45. The van der Waals surface area contributed by atoms with Gasteiger partial charge >= 0.3 is 11.8 Å². The van der Waals surface area contributed by atoms with Crippen LogP contribution in [0.5, 0.6) is 11.5 Å². The Hall–Kier alpha value is -2.32. The lowest BCUT2D eigenvalue weighted by molar-refractivity contribution is -0.144. The summed E-state index contributed by atoms with van der Waals surface area (Å²) in [7, 11) is 3.07. The Morgan fingerprint density at radius 1 is 1.13 bits per heavy atom. The Kier molecular flexibility index (Phi) is 6.19. The van der Waals surface area contributed by atoms with Crippen LogP contribution in [-0.2, 0) is 19.1 Å². The molecule has 0 unspecified atom stereocenters. The van der Waals surface area contributed by atoms with Crippen molar-refractivity contribution >= 4 is 17.5 Å². The number of fused-ring (bicyclic) bond motifs is 1. The Bertz CT molecular complexity index is 555. The number of carbonyl (C=O) groups excluding carboxylic acids is 2. The van der Waals surface area contributed by atoms with Gasteiger partial charge in [-0.25, -0.2) is 0 Å². The van der Waals surface area contributed by atoms with Crippen molar-refractivity contribution in [3.8, 4) is 11.5 Å². The highest BCUT2D eigenvalue weighted by atomic mass is 16.7. The van der Waals surface area contributed by atoms with Crippen LogP contribution < -0.4 is 14.8 Å².